The number of aliphatic hydroxyl groups excluding tert-OH is 1. The molecule has 2 aromatic carbocycles. The predicted molar refractivity (Wildman–Crippen MR) is 134 cm³/mol. The van der Waals surface area contributed by atoms with Gasteiger partial charge in [-0.05, 0) is 37.2 Å². The maximum Gasteiger partial charge on any atom is 0.247 e. The first-order valence-corrected chi connectivity index (χ1v) is 13.1. The van der Waals surface area contributed by atoms with Gasteiger partial charge >= 0.3 is 0 Å². The minimum Gasteiger partial charge on any atom is -0.487 e. The van der Waals surface area contributed by atoms with Crippen molar-refractivity contribution in [2.45, 2.75) is 37.4 Å². The zero-order valence-corrected chi connectivity index (χ0v) is 21.1. The molecule has 3 aromatic rings. The fraction of sp³-hybridized carbons (Fsp3) is 0.385. The number of likely N-dealkylation sites (N-methyl/N-ethyl adjacent to an activating group) is 1. The number of aromatic nitrogens is 2. The highest BCUT2D eigenvalue weighted by Gasteiger charge is 2.38. The maximum absolute atomic E-state index is 13.6. The fourth-order valence-electron chi connectivity index (χ4n) is 4.34. The molecule has 1 N–H and O–H groups in total. The molecule has 2 heterocycles. The molecule has 1 aromatic heterocycles. The van der Waals surface area contributed by atoms with Crippen LogP contribution >= 0.6 is 0 Å². The van der Waals surface area contributed by atoms with E-state index in [1.54, 1.807) is 37.5 Å². The molecule has 4 rings (SSSR count). The second-order valence-corrected chi connectivity index (χ2v) is 11.1. The van der Waals surface area contributed by atoms with Gasteiger partial charge in [-0.2, -0.15) is 4.31 Å². The Labute approximate surface area is 207 Å². The van der Waals surface area contributed by atoms with E-state index in [9.17, 15) is 13.5 Å². The van der Waals surface area contributed by atoms with Crippen LogP contribution in [0.3, 0.4) is 0 Å². The Morgan fingerprint density at radius 2 is 1.86 bits per heavy atom. The van der Waals surface area contributed by atoms with E-state index < -0.39 is 16.1 Å². The number of ether oxygens (including phenoxy) is 1. The van der Waals surface area contributed by atoms with Gasteiger partial charge < -0.3 is 9.84 Å². The van der Waals surface area contributed by atoms with Gasteiger partial charge in [0, 0.05) is 49.6 Å². The van der Waals surface area contributed by atoms with Crippen molar-refractivity contribution in [1.82, 2.24) is 19.2 Å². The lowest BCUT2D eigenvalue weighted by molar-refractivity contribution is 0.0734. The number of fused-ring (bicyclic) bond motifs is 1. The molecule has 1 aliphatic heterocycles. The lowest BCUT2D eigenvalue weighted by Gasteiger charge is -2.37. The highest BCUT2D eigenvalue weighted by Crippen LogP contribution is 2.36. The first-order chi connectivity index (χ1) is 16.8. The molecule has 0 aliphatic carbocycles. The van der Waals surface area contributed by atoms with Crippen LogP contribution in [0.5, 0.6) is 5.75 Å². The summed E-state index contributed by atoms with van der Waals surface area (Å²) in [5.41, 5.74) is 2.73. The fourth-order valence-corrected chi connectivity index (χ4v) is 6.16. The highest BCUT2D eigenvalue weighted by molar-refractivity contribution is 7.89. The summed E-state index contributed by atoms with van der Waals surface area (Å²) in [6.07, 6.45) is 4.54. The third-order valence-corrected chi connectivity index (χ3v) is 8.37. The van der Waals surface area contributed by atoms with Gasteiger partial charge in [0.15, 0.2) is 0 Å². The van der Waals surface area contributed by atoms with Crippen molar-refractivity contribution < 1.29 is 18.3 Å². The van der Waals surface area contributed by atoms with Crippen LogP contribution < -0.4 is 4.74 Å². The average Bonchev–Trinajstić information content (AvgIpc) is 2.86. The molecule has 9 heteroatoms. The van der Waals surface area contributed by atoms with Crippen molar-refractivity contribution in [3.8, 4) is 16.9 Å². The zero-order valence-electron chi connectivity index (χ0n) is 20.3. The number of aliphatic hydroxyl groups is 1. The molecule has 3 atom stereocenters. The molecule has 35 heavy (non-hydrogen) atoms. The van der Waals surface area contributed by atoms with Crippen molar-refractivity contribution >= 4 is 10.0 Å². The smallest absolute Gasteiger partial charge is 0.247 e. The number of hydrogen-bond donors (Lipinski definition) is 1. The van der Waals surface area contributed by atoms with Crippen molar-refractivity contribution in [2.24, 2.45) is 5.92 Å². The molecule has 0 amide bonds. The standard InChI is InChI=1S/C26H32N4O4S/c1-19-14-30(20(2)17-31)35(32,33)26-10-9-22(23-12-27-18-28-13-23)11-24(26)34-25(19)16-29(3)15-21-7-5-4-6-8-21/h4-13,18-20,25,31H,14-17H2,1-3H3/t19-,20-,25+/m1/s1. The van der Waals surface area contributed by atoms with E-state index in [1.165, 1.54) is 16.2 Å². The second-order valence-electron chi connectivity index (χ2n) is 9.21. The largest absolute Gasteiger partial charge is 0.487 e. The number of rotatable bonds is 7. The first kappa shape index (κ1) is 25.2. The Morgan fingerprint density at radius 1 is 1.14 bits per heavy atom. The van der Waals surface area contributed by atoms with Crippen LogP contribution in [0.2, 0.25) is 0 Å². The van der Waals surface area contributed by atoms with Crippen LogP contribution in [0.4, 0.5) is 0 Å². The Morgan fingerprint density at radius 3 is 2.54 bits per heavy atom. The van der Waals surface area contributed by atoms with Gasteiger partial charge in [0.1, 0.15) is 23.1 Å². The SMILES string of the molecule is C[C@@H]1CN([C@H](C)CO)S(=O)(=O)c2ccc(-c3cncnc3)cc2O[C@H]1CN(C)Cc1ccccc1. The Bertz CT molecular complexity index is 1220. The van der Waals surface area contributed by atoms with Gasteiger partial charge in [-0.25, -0.2) is 18.4 Å². The summed E-state index contributed by atoms with van der Waals surface area (Å²) in [4.78, 5) is 10.4. The van der Waals surface area contributed by atoms with E-state index in [2.05, 4.69) is 27.0 Å². The molecule has 0 radical (unpaired) electrons. The van der Waals surface area contributed by atoms with E-state index in [4.69, 9.17) is 4.74 Å². The monoisotopic (exact) mass is 496 g/mol. The number of benzene rings is 2. The number of sulfonamides is 1. The van der Waals surface area contributed by atoms with Crippen LogP contribution in [0, 0.1) is 5.92 Å². The van der Waals surface area contributed by atoms with Gasteiger partial charge in [0.25, 0.3) is 0 Å². The Kier molecular flexibility index (Phi) is 7.81. The third-order valence-electron chi connectivity index (χ3n) is 6.35. The predicted octanol–water partition coefficient (Wildman–Crippen LogP) is 3.04. The van der Waals surface area contributed by atoms with Crippen molar-refractivity contribution in [3.05, 3.63) is 72.8 Å². The lowest BCUT2D eigenvalue weighted by Crippen LogP contribution is -2.49. The number of nitrogens with zero attached hydrogens (tertiary/aromatic N) is 4. The molecular weight excluding hydrogens is 464 g/mol. The lowest BCUT2D eigenvalue weighted by atomic mass is 10.0. The summed E-state index contributed by atoms with van der Waals surface area (Å²) >= 11 is 0. The number of hydrogen-bond acceptors (Lipinski definition) is 7. The van der Waals surface area contributed by atoms with E-state index in [1.807, 2.05) is 32.2 Å². The van der Waals surface area contributed by atoms with E-state index in [-0.39, 0.29) is 30.1 Å². The van der Waals surface area contributed by atoms with Gasteiger partial charge in [-0.1, -0.05) is 43.3 Å². The third kappa shape index (κ3) is 5.70. The quantitative estimate of drug-likeness (QED) is 0.537. The molecule has 0 fully saturated rings. The first-order valence-electron chi connectivity index (χ1n) is 11.7. The van der Waals surface area contributed by atoms with E-state index >= 15 is 0 Å². The van der Waals surface area contributed by atoms with Gasteiger partial charge in [-0.15, -0.1) is 0 Å². The highest BCUT2D eigenvalue weighted by atomic mass is 32.2. The molecule has 0 bridgehead atoms. The molecule has 0 spiro atoms. The van der Waals surface area contributed by atoms with Crippen molar-refractivity contribution in [3.63, 3.8) is 0 Å². The summed E-state index contributed by atoms with van der Waals surface area (Å²) in [7, 11) is -1.85. The van der Waals surface area contributed by atoms with Crippen LogP contribution in [-0.4, -0.2) is 71.6 Å². The van der Waals surface area contributed by atoms with Gasteiger partial charge in [0.2, 0.25) is 10.0 Å². The second kappa shape index (κ2) is 10.8. The average molecular weight is 497 g/mol. The van der Waals surface area contributed by atoms with E-state index in [0.717, 1.165) is 17.7 Å². The molecular formula is C26H32N4O4S. The Balaban J connectivity index is 1.72. The molecule has 0 unspecified atom stereocenters. The summed E-state index contributed by atoms with van der Waals surface area (Å²) < 4.78 is 35.1. The topological polar surface area (TPSA) is 95.9 Å². The van der Waals surface area contributed by atoms with Crippen LogP contribution in [-0.2, 0) is 16.6 Å². The maximum atomic E-state index is 13.6. The molecule has 186 valence electrons. The molecule has 0 saturated carbocycles. The normalized spacial score (nSPS) is 20.9. The minimum atomic E-state index is -3.88. The summed E-state index contributed by atoms with van der Waals surface area (Å²) in [5, 5.41) is 9.82. The van der Waals surface area contributed by atoms with Crippen molar-refractivity contribution in [2.75, 3.05) is 26.7 Å². The van der Waals surface area contributed by atoms with Gasteiger partial charge in [0.05, 0.1) is 6.61 Å². The summed E-state index contributed by atoms with van der Waals surface area (Å²) in [6, 6.07) is 14.7. The van der Waals surface area contributed by atoms with E-state index in [0.29, 0.717) is 12.3 Å². The molecule has 8 nitrogen and oxygen atoms in total. The van der Waals surface area contributed by atoms with Gasteiger partial charge in [-0.3, -0.25) is 4.90 Å². The zero-order chi connectivity index (χ0) is 25.0. The van der Waals surface area contributed by atoms with Crippen molar-refractivity contribution in [1.29, 1.82) is 0 Å². The Hall–Kier alpha value is -2.85. The molecule has 1 aliphatic rings. The van der Waals surface area contributed by atoms with Crippen LogP contribution in [0.1, 0.15) is 19.4 Å². The molecule has 0 saturated heterocycles. The van der Waals surface area contributed by atoms with Crippen LogP contribution in [0.25, 0.3) is 11.1 Å². The summed E-state index contributed by atoms with van der Waals surface area (Å²) in [5.74, 6) is 0.181. The summed E-state index contributed by atoms with van der Waals surface area (Å²) in [6.45, 7) is 5.06. The minimum absolute atomic E-state index is 0.0982. The van der Waals surface area contributed by atoms with Crippen LogP contribution in [0.15, 0.2) is 72.1 Å².